The van der Waals surface area contributed by atoms with Crippen LogP contribution in [0.3, 0.4) is 0 Å². The van der Waals surface area contributed by atoms with Crippen LogP contribution in [0.4, 0.5) is 0 Å². The van der Waals surface area contributed by atoms with Crippen LogP contribution in [-0.4, -0.2) is 71.4 Å². The lowest BCUT2D eigenvalue weighted by Crippen LogP contribution is -2.46. The summed E-state index contributed by atoms with van der Waals surface area (Å²) < 4.78 is 36.6. The van der Waals surface area contributed by atoms with Crippen molar-refractivity contribution < 1.29 is 32.4 Å². The highest BCUT2D eigenvalue weighted by Crippen LogP contribution is 2.36. The molecule has 1 fully saturated rings. The number of rotatable bonds is 13. The number of carbonyl (C=O) groups is 3. The number of amidine groups is 1. The number of halogens is 3. The number of imidazole rings is 1. The number of benzene rings is 2. The highest BCUT2D eigenvalue weighted by atomic mass is 35.5. The molecule has 3 heterocycles. The summed E-state index contributed by atoms with van der Waals surface area (Å²) in [4.78, 5) is 45.4. The molecule has 18 heteroatoms. The second kappa shape index (κ2) is 16.3. The molecule has 1 saturated heterocycles. The van der Waals surface area contributed by atoms with Gasteiger partial charge in [0.2, 0.25) is 15.9 Å². The normalized spacial score (nSPS) is 15.2. The number of nitrogens with zero attached hydrogens (tertiary/aromatic N) is 4. The number of amides is 2. The van der Waals surface area contributed by atoms with Crippen molar-refractivity contribution in [3.63, 3.8) is 0 Å². The van der Waals surface area contributed by atoms with E-state index < -0.39 is 27.9 Å². The maximum atomic E-state index is 13.9. The molecule has 1 atom stereocenters. The summed E-state index contributed by atoms with van der Waals surface area (Å²) in [7, 11) is -4.22. The van der Waals surface area contributed by atoms with Gasteiger partial charge in [-0.1, -0.05) is 52.1 Å². The van der Waals surface area contributed by atoms with Gasteiger partial charge in [-0.05, 0) is 62.6 Å². The van der Waals surface area contributed by atoms with E-state index in [0.29, 0.717) is 52.6 Å². The molecular weight excluding hydrogens is 745 g/mol. The van der Waals surface area contributed by atoms with Crippen molar-refractivity contribution >= 4 is 74.1 Å². The van der Waals surface area contributed by atoms with E-state index in [9.17, 15) is 22.8 Å². The van der Waals surface area contributed by atoms with E-state index in [1.54, 1.807) is 53.9 Å². The van der Waals surface area contributed by atoms with Crippen molar-refractivity contribution in [3.8, 4) is 5.75 Å². The summed E-state index contributed by atoms with van der Waals surface area (Å²) >= 11 is 19.4. The van der Waals surface area contributed by atoms with E-state index in [4.69, 9.17) is 45.3 Å². The standard InChI is InChI=1S/C33H34Cl3N7O7S/c1-19-29(36)42-16-4-7-26(31(42)40-19)49-18-23-24(34)12-13-27(28(23)35)51(47,48)43-17-3-6-25(43)33(46)39-15-5-14-38-32(45)22-10-8-21(9-11-22)30(37)41-50-20(2)44/h4,7-13,16,25H,3,5-6,14-15,17-18H2,1-2H3,(H2,37,41)(H,38,45)(H,39,46)/t25-/m0/s1. The van der Waals surface area contributed by atoms with Gasteiger partial charge >= 0.3 is 5.97 Å². The third kappa shape index (κ3) is 8.56. The molecule has 0 spiro atoms. The maximum absolute atomic E-state index is 13.9. The van der Waals surface area contributed by atoms with Gasteiger partial charge in [0.05, 0.1) is 10.7 Å². The van der Waals surface area contributed by atoms with Crippen molar-refractivity contribution in [3.05, 3.63) is 92.3 Å². The number of hydrogen-bond acceptors (Lipinski definition) is 9. The Labute approximate surface area is 308 Å². The van der Waals surface area contributed by atoms with E-state index in [0.717, 1.165) is 4.31 Å². The molecule has 0 unspecified atom stereocenters. The van der Waals surface area contributed by atoms with E-state index in [1.807, 2.05) is 0 Å². The van der Waals surface area contributed by atoms with Gasteiger partial charge in [-0.25, -0.2) is 18.2 Å². The number of aryl methyl sites for hydroxylation is 1. The molecule has 14 nitrogen and oxygen atoms in total. The van der Waals surface area contributed by atoms with Crippen molar-refractivity contribution in [2.75, 3.05) is 19.6 Å². The Morgan fingerprint density at radius 3 is 2.47 bits per heavy atom. The minimum Gasteiger partial charge on any atom is -0.485 e. The van der Waals surface area contributed by atoms with Gasteiger partial charge < -0.3 is 25.9 Å². The molecule has 2 aromatic heterocycles. The number of nitrogens with one attached hydrogen (secondary N) is 2. The first-order chi connectivity index (χ1) is 24.3. The monoisotopic (exact) mass is 777 g/mol. The lowest BCUT2D eigenvalue weighted by molar-refractivity contribution is -0.141. The quantitative estimate of drug-likeness (QED) is 0.0580. The maximum Gasteiger partial charge on any atom is 0.332 e. The van der Waals surface area contributed by atoms with Gasteiger partial charge in [0, 0.05) is 54.5 Å². The van der Waals surface area contributed by atoms with Crippen LogP contribution in [0.5, 0.6) is 5.75 Å². The SMILES string of the molecule is CC(=O)O/N=C(/N)c1ccc(C(=O)NCCCNC(=O)[C@@H]2CCCN2S(=O)(=O)c2ccc(Cl)c(COc3cccn4c(Cl)c(C)nc34)c2Cl)cc1. The first-order valence-electron chi connectivity index (χ1n) is 15.7. The molecular formula is C33H34Cl3N7O7S. The molecule has 4 aromatic rings. The third-order valence-electron chi connectivity index (χ3n) is 7.98. The van der Waals surface area contributed by atoms with Crippen LogP contribution in [0.2, 0.25) is 15.2 Å². The Kier molecular flexibility index (Phi) is 12.1. The van der Waals surface area contributed by atoms with Crippen LogP contribution >= 0.6 is 34.8 Å². The Bertz CT molecular complexity index is 2110. The lowest BCUT2D eigenvalue weighted by Gasteiger charge is -2.24. The predicted octanol–water partition coefficient (Wildman–Crippen LogP) is 4.45. The smallest absolute Gasteiger partial charge is 0.332 e. The van der Waals surface area contributed by atoms with Crippen LogP contribution in [-0.2, 0) is 31.1 Å². The van der Waals surface area contributed by atoms with E-state index in [-0.39, 0.29) is 58.5 Å². The number of ether oxygens (including phenoxy) is 1. The Morgan fingerprint density at radius 2 is 1.75 bits per heavy atom. The molecule has 1 aliphatic heterocycles. The molecule has 5 rings (SSSR count). The molecule has 4 N–H and O–H groups in total. The first kappa shape index (κ1) is 37.8. The van der Waals surface area contributed by atoms with Crippen LogP contribution in [0.1, 0.15) is 53.4 Å². The number of pyridine rings is 1. The number of carbonyl (C=O) groups excluding carboxylic acids is 3. The fourth-order valence-corrected chi connectivity index (χ4v) is 8.09. The van der Waals surface area contributed by atoms with Gasteiger partial charge in [-0.3, -0.25) is 14.0 Å². The topological polar surface area (TPSA) is 187 Å². The number of hydrogen-bond donors (Lipinski definition) is 3. The Hall–Kier alpha value is -4.41. The largest absolute Gasteiger partial charge is 0.485 e. The summed E-state index contributed by atoms with van der Waals surface area (Å²) in [6.45, 7) is 3.38. The summed E-state index contributed by atoms with van der Waals surface area (Å²) in [5, 5.41) is 9.57. The summed E-state index contributed by atoms with van der Waals surface area (Å²) in [6.07, 6.45) is 2.93. The first-order valence-corrected chi connectivity index (χ1v) is 18.3. The zero-order valence-corrected chi connectivity index (χ0v) is 30.6. The van der Waals surface area contributed by atoms with Gasteiger partial charge in [0.25, 0.3) is 5.91 Å². The minimum absolute atomic E-state index is 0.0193. The highest BCUT2D eigenvalue weighted by Gasteiger charge is 2.40. The predicted molar refractivity (Wildman–Crippen MR) is 192 cm³/mol. The summed E-state index contributed by atoms with van der Waals surface area (Å²) in [5.74, 6) is -1.04. The van der Waals surface area contributed by atoms with E-state index >= 15 is 0 Å². The molecule has 2 aromatic carbocycles. The van der Waals surface area contributed by atoms with E-state index in [2.05, 4.69) is 25.6 Å². The average molecular weight is 779 g/mol. The molecule has 0 aliphatic carbocycles. The molecule has 1 aliphatic rings. The number of oxime groups is 1. The minimum atomic E-state index is -4.22. The number of aromatic nitrogens is 2. The molecule has 0 radical (unpaired) electrons. The fourth-order valence-electron chi connectivity index (χ4n) is 5.39. The molecule has 0 saturated carbocycles. The number of fused-ring (bicyclic) bond motifs is 1. The average Bonchev–Trinajstić information content (AvgIpc) is 3.72. The number of nitrogens with two attached hydrogens (primary N) is 1. The highest BCUT2D eigenvalue weighted by molar-refractivity contribution is 7.89. The van der Waals surface area contributed by atoms with Crippen molar-refractivity contribution in [2.24, 2.45) is 10.9 Å². The van der Waals surface area contributed by atoms with Gasteiger partial charge in [-0.2, -0.15) is 4.31 Å². The van der Waals surface area contributed by atoms with Crippen LogP contribution in [0, 0.1) is 6.92 Å². The van der Waals surface area contributed by atoms with Crippen molar-refractivity contribution in [1.82, 2.24) is 24.3 Å². The molecule has 2 amide bonds. The van der Waals surface area contributed by atoms with Crippen LogP contribution in [0.25, 0.3) is 5.65 Å². The summed E-state index contributed by atoms with van der Waals surface area (Å²) in [6, 6.07) is 11.4. The lowest BCUT2D eigenvalue weighted by atomic mass is 10.1. The van der Waals surface area contributed by atoms with Crippen molar-refractivity contribution in [2.45, 2.75) is 50.7 Å². The molecule has 270 valence electrons. The van der Waals surface area contributed by atoms with Crippen LogP contribution in [0.15, 0.2) is 64.8 Å². The Morgan fingerprint density at radius 1 is 1.04 bits per heavy atom. The molecule has 0 bridgehead atoms. The van der Waals surface area contributed by atoms with Gasteiger partial charge in [0.15, 0.2) is 17.2 Å². The number of sulfonamides is 1. The van der Waals surface area contributed by atoms with Crippen LogP contribution < -0.4 is 21.1 Å². The Balaban J connectivity index is 1.16. The third-order valence-corrected chi connectivity index (χ3v) is 11.3. The van der Waals surface area contributed by atoms with E-state index in [1.165, 1.54) is 19.1 Å². The molecule has 51 heavy (non-hydrogen) atoms. The second-order valence-electron chi connectivity index (χ2n) is 11.5. The summed E-state index contributed by atoms with van der Waals surface area (Å²) in [5.41, 5.74) is 7.94. The zero-order chi connectivity index (χ0) is 36.9. The van der Waals surface area contributed by atoms with Gasteiger partial charge in [-0.15, -0.1) is 0 Å². The zero-order valence-electron chi connectivity index (χ0n) is 27.5. The van der Waals surface area contributed by atoms with Gasteiger partial charge in [0.1, 0.15) is 22.7 Å². The fraction of sp³-hybridized carbons (Fsp3) is 0.303. The second-order valence-corrected chi connectivity index (χ2v) is 14.5. The van der Waals surface area contributed by atoms with Crippen molar-refractivity contribution in [1.29, 1.82) is 0 Å².